The highest BCUT2D eigenvalue weighted by Crippen LogP contribution is 2.34. The van der Waals surface area contributed by atoms with Crippen LogP contribution in [-0.4, -0.2) is 23.5 Å². The van der Waals surface area contributed by atoms with Gasteiger partial charge in [0.15, 0.2) is 10.8 Å². The first-order valence-corrected chi connectivity index (χ1v) is 8.98. The van der Waals surface area contributed by atoms with Crippen LogP contribution in [0.4, 0.5) is 0 Å². The van der Waals surface area contributed by atoms with Crippen molar-refractivity contribution >= 4 is 17.2 Å². The first kappa shape index (κ1) is 16.2. The van der Waals surface area contributed by atoms with Crippen LogP contribution in [0.3, 0.4) is 0 Å². The molecule has 1 unspecified atom stereocenters. The SMILES string of the molecule is CCC1(CC)CNC(=O)C1NCc1csc(-c2ccc(C)o2)n1. The van der Waals surface area contributed by atoms with Crippen LogP contribution in [0.25, 0.3) is 10.8 Å². The minimum atomic E-state index is -0.145. The Morgan fingerprint density at radius 1 is 1.43 bits per heavy atom. The zero-order valence-electron chi connectivity index (χ0n) is 13.8. The number of hydrogen-bond donors (Lipinski definition) is 2. The van der Waals surface area contributed by atoms with Crippen molar-refractivity contribution in [2.75, 3.05) is 6.54 Å². The molecule has 5 nitrogen and oxygen atoms in total. The average Bonchev–Trinajstić information content (AvgIpc) is 3.25. The molecule has 23 heavy (non-hydrogen) atoms. The summed E-state index contributed by atoms with van der Waals surface area (Å²) in [5.74, 6) is 1.79. The second-order valence-electron chi connectivity index (χ2n) is 6.16. The van der Waals surface area contributed by atoms with Crippen molar-refractivity contribution in [2.24, 2.45) is 5.41 Å². The Kier molecular flexibility index (Phi) is 4.55. The van der Waals surface area contributed by atoms with Gasteiger partial charge in [0.1, 0.15) is 5.76 Å². The van der Waals surface area contributed by atoms with E-state index in [0.29, 0.717) is 6.54 Å². The summed E-state index contributed by atoms with van der Waals surface area (Å²) in [5, 5.41) is 9.31. The van der Waals surface area contributed by atoms with E-state index in [9.17, 15) is 4.79 Å². The molecular formula is C17H23N3O2S. The minimum Gasteiger partial charge on any atom is -0.459 e. The molecule has 0 spiro atoms. The number of carbonyl (C=O) groups excluding carboxylic acids is 1. The number of hydrogen-bond acceptors (Lipinski definition) is 5. The van der Waals surface area contributed by atoms with Gasteiger partial charge in [0, 0.05) is 23.9 Å². The van der Waals surface area contributed by atoms with Crippen LogP contribution in [-0.2, 0) is 11.3 Å². The molecule has 2 N–H and O–H groups in total. The van der Waals surface area contributed by atoms with Crippen molar-refractivity contribution in [3.8, 4) is 10.8 Å². The van der Waals surface area contributed by atoms with Crippen molar-refractivity contribution in [3.05, 3.63) is 29.0 Å². The summed E-state index contributed by atoms with van der Waals surface area (Å²) in [6, 6.07) is 3.73. The zero-order valence-corrected chi connectivity index (χ0v) is 14.6. The minimum absolute atomic E-state index is 0.00799. The van der Waals surface area contributed by atoms with Crippen LogP contribution < -0.4 is 10.6 Å². The highest BCUT2D eigenvalue weighted by molar-refractivity contribution is 7.13. The van der Waals surface area contributed by atoms with Crippen LogP contribution in [0.5, 0.6) is 0 Å². The monoisotopic (exact) mass is 333 g/mol. The van der Waals surface area contributed by atoms with E-state index in [1.807, 2.05) is 24.4 Å². The summed E-state index contributed by atoms with van der Waals surface area (Å²) in [4.78, 5) is 16.8. The molecule has 0 aromatic carbocycles. The molecular weight excluding hydrogens is 310 g/mol. The average molecular weight is 333 g/mol. The molecule has 3 heterocycles. The highest BCUT2D eigenvalue weighted by Gasteiger charge is 2.45. The summed E-state index contributed by atoms with van der Waals surface area (Å²) in [6.45, 7) is 7.57. The zero-order chi connectivity index (χ0) is 16.4. The Hall–Kier alpha value is -1.66. The van der Waals surface area contributed by atoms with E-state index in [1.165, 1.54) is 0 Å². The Morgan fingerprint density at radius 3 is 2.87 bits per heavy atom. The first-order valence-electron chi connectivity index (χ1n) is 8.10. The Balaban J connectivity index is 1.68. The molecule has 6 heteroatoms. The molecule has 3 rings (SSSR count). The van der Waals surface area contributed by atoms with Crippen molar-refractivity contribution in [3.63, 3.8) is 0 Å². The van der Waals surface area contributed by atoms with Gasteiger partial charge in [0.25, 0.3) is 0 Å². The van der Waals surface area contributed by atoms with Gasteiger partial charge >= 0.3 is 0 Å². The predicted molar refractivity (Wildman–Crippen MR) is 91.2 cm³/mol. The normalized spacial score (nSPS) is 20.0. The van der Waals surface area contributed by atoms with Gasteiger partial charge in [-0.2, -0.15) is 0 Å². The van der Waals surface area contributed by atoms with Gasteiger partial charge in [-0.1, -0.05) is 13.8 Å². The van der Waals surface area contributed by atoms with Gasteiger partial charge in [-0.3, -0.25) is 10.1 Å². The Morgan fingerprint density at radius 2 is 2.22 bits per heavy atom. The lowest BCUT2D eigenvalue weighted by Crippen LogP contribution is -2.45. The summed E-state index contributed by atoms with van der Waals surface area (Å²) in [7, 11) is 0. The van der Waals surface area contributed by atoms with Crippen LogP contribution in [0, 0.1) is 12.3 Å². The second-order valence-corrected chi connectivity index (χ2v) is 7.01. The molecule has 0 saturated carbocycles. The summed E-state index contributed by atoms with van der Waals surface area (Å²) in [5.41, 5.74) is 0.952. The van der Waals surface area contributed by atoms with Gasteiger partial charge in [0.05, 0.1) is 11.7 Å². The largest absolute Gasteiger partial charge is 0.459 e. The van der Waals surface area contributed by atoms with Crippen molar-refractivity contribution in [2.45, 2.75) is 46.2 Å². The maximum absolute atomic E-state index is 12.2. The first-order chi connectivity index (χ1) is 11.1. The molecule has 1 saturated heterocycles. The summed E-state index contributed by atoms with van der Waals surface area (Å²) >= 11 is 1.57. The fraction of sp³-hybridized carbons (Fsp3) is 0.529. The van der Waals surface area contributed by atoms with Crippen LogP contribution in [0.1, 0.15) is 38.1 Å². The standard InChI is InChI=1S/C17H23N3O2S/c1-4-17(5-2)10-19-15(21)14(17)18-8-12-9-23-16(20-12)13-7-6-11(3)22-13/h6-7,9,14,18H,4-5,8,10H2,1-3H3,(H,19,21). The van der Waals surface area contributed by atoms with Crippen molar-refractivity contribution in [1.82, 2.24) is 15.6 Å². The maximum Gasteiger partial charge on any atom is 0.237 e. The molecule has 0 bridgehead atoms. The van der Waals surface area contributed by atoms with Gasteiger partial charge < -0.3 is 9.73 Å². The van der Waals surface area contributed by atoms with E-state index in [0.717, 1.165) is 41.6 Å². The van der Waals surface area contributed by atoms with Gasteiger partial charge in [-0.15, -0.1) is 11.3 Å². The third-order valence-electron chi connectivity index (χ3n) is 4.89. The van der Waals surface area contributed by atoms with Crippen LogP contribution >= 0.6 is 11.3 Å². The predicted octanol–water partition coefficient (Wildman–Crippen LogP) is 3.11. The number of furan rings is 1. The van der Waals surface area contributed by atoms with E-state index in [-0.39, 0.29) is 17.4 Å². The summed E-state index contributed by atoms with van der Waals surface area (Å²) in [6.07, 6.45) is 1.96. The maximum atomic E-state index is 12.2. The van der Waals surface area contributed by atoms with Crippen molar-refractivity contribution in [1.29, 1.82) is 0 Å². The van der Waals surface area contributed by atoms with Crippen LogP contribution in [0.2, 0.25) is 0 Å². The molecule has 1 aliphatic rings. The molecule has 1 atom stereocenters. The summed E-state index contributed by atoms with van der Waals surface area (Å²) < 4.78 is 5.61. The number of aryl methyl sites for hydroxylation is 1. The quantitative estimate of drug-likeness (QED) is 0.852. The highest BCUT2D eigenvalue weighted by atomic mass is 32.1. The molecule has 0 aliphatic carbocycles. The van der Waals surface area contributed by atoms with Crippen LogP contribution in [0.15, 0.2) is 21.9 Å². The number of nitrogens with zero attached hydrogens (tertiary/aromatic N) is 1. The lowest BCUT2D eigenvalue weighted by molar-refractivity contribution is -0.122. The third kappa shape index (κ3) is 3.05. The molecule has 1 fully saturated rings. The van der Waals surface area contributed by atoms with E-state index in [2.05, 4.69) is 29.5 Å². The van der Waals surface area contributed by atoms with E-state index >= 15 is 0 Å². The number of thiazole rings is 1. The third-order valence-corrected chi connectivity index (χ3v) is 5.79. The number of aromatic nitrogens is 1. The molecule has 0 radical (unpaired) electrons. The lowest BCUT2D eigenvalue weighted by atomic mass is 9.77. The smallest absolute Gasteiger partial charge is 0.237 e. The number of amides is 1. The van der Waals surface area contributed by atoms with Gasteiger partial charge in [-0.05, 0) is 31.9 Å². The molecule has 1 amide bonds. The number of rotatable bonds is 6. The Bertz CT molecular complexity index is 688. The number of nitrogens with one attached hydrogen (secondary N) is 2. The fourth-order valence-corrected chi connectivity index (χ4v) is 4.00. The fourth-order valence-electron chi connectivity index (χ4n) is 3.22. The topological polar surface area (TPSA) is 67.2 Å². The van der Waals surface area contributed by atoms with Gasteiger partial charge in [0.2, 0.25) is 5.91 Å². The van der Waals surface area contributed by atoms with Gasteiger partial charge in [-0.25, -0.2) is 4.98 Å². The molecule has 124 valence electrons. The van der Waals surface area contributed by atoms with E-state index in [1.54, 1.807) is 11.3 Å². The van der Waals surface area contributed by atoms with Crippen molar-refractivity contribution < 1.29 is 9.21 Å². The lowest BCUT2D eigenvalue weighted by Gasteiger charge is -2.31. The van der Waals surface area contributed by atoms with E-state index in [4.69, 9.17) is 4.42 Å². The number of carbonyl (C=O) groups is 1. The van der Waals surface area contributed by atoms with E-state index < -0.39 is 0 Å². The Labute approximate surface area is 140 Å². The second kappa shape index (κ2) is 6.45. The molecule has 1 aliphatic heterocycles. The molecule has 2 aromatic heterocycles. The molecule has 2 aromatic rings.